The first-order valence-corrected chi connectivity index (χ1v) is 5.08. The Balaban J connectivity index is 2.27. The number of unbranched alkanes of at least 4 members (excludes halogenated alkanes) is 1. The third-order valence-electron chi connectivity index (χ3n) is 1.98. The summed E-state index contributed by atoms with van der Waals surface area (Å²) in [6.45, 7) is 0.588. The van der Waals surface area contributed by atoms with Gasteiger partial charge in [0.25, 0.3) is 0 Å². The van der Waals surface area contributed by atoms with Gasteiger partial charge in [-0.05, 0) is 12.8 Å². The van der Waals surface area contributed by atoms with E-state index in [0.717, 1.165) is 18.8 Å². The first-order chi connectivity index (χ1) is 8.09. The predicted octanol–water partition coefficient (Wildman–Crippen LogP) is 0.452. The van der Waals surface area contributed by atoms with Gasteiger partial charge < -0.3 is 11.1 Å². The highest BCUT2D eigenvalue weighted by Gasteiger charge is 2.05. The molecule has 1 aromatic rings. The molecule has 0 unspecified atom stereocenters. The summed E-state index contributed by atoms with van der Waals surface area (Å²) in [5, 5.41) is 13.2. The molecule has 0 aliphatic heterocycles. The second-order valence-corrected chi connectivity index (χ2v) is 3.37. The molecule has 0 fully saturated rings. The third-order valence-corrected chi connectivity index (χ3v) is 1.98. The lowest BCUT2D eigenvalue weighted by atomic mass is 10.2. The van der Waals surface area contributed by atoms with Crippen LogP contribution in [0.1, 0.15) is 19.3 Å². The highest BCUT2D eigenvalue weighted by molar-refractivity contribution is 5.73. The van der Waals surface area contributed by atoms with Crippen molar-refractivity contribution in [2.75, 3.05) is 11.9 Å². The van der Waals surface area contributed by atoms with Crippen LogP contribution in [0.3, 0.4) is 0 Å². The smallest absolute Gasteiger partial charge is 0.305 e. The Kier molecular flexibility index (Phi) is 4.79. The number of carbonyl (C=O) groups is 1. The molecule has 0 atom stereocenters. The summed E-state index contributed by atoms with van der Waals surface area (Å²) in [6.07, 6.45) is 4.07. The van der Waals surface area contributed by atoms with Crippen molar-refractivity contribution in [2.45, 2.75) is 19.3 Å². The van der Waals surface area contributed by atoms with Crippen LogP contribution >= 0.6 is 0 Å². The first kappa shape index (κ1) is 12.8. The lowest BCUT2D eigenvalue weighted by Crippen LogP contribution is -2.11. The van der Waals surface area contributed by atoms with Crippen molar-refractivity contribution in [1.29, 1.82) is 0 Å². The van der Waals surface area contributed by atoms with E-state index in [1.165, 1.54) is 0 Å². The zero-order chi connectivity index (χ0) is 12.7. The third kappa shape index (κ3) is 4.87. The molecular weight excluding hydrogens is 226 g/mol. The number of anilines is 1. The van der Waals surface area contributed by atoms with Gasteiger partial charge in [-0.25, -0.2) is 9.97 Å². The van der Waals surface area contributed by atoms with E-state index in [1.54, 1.807) is 0 Å². The van der Waals surface area contributed by atoms with Crippen LogP contribution in [0.2, 0.25) is 0 Å². The standard InChI is InChI=1S/C9H13N5O3/c10-8(15)3-1-2-4-11-9-12-5-7(6-13-9)14(16)17/h5-6H,1-4H2,(H2,10,15)(H,11,12,13). The van der Waals surface area contributed by atoms with Gasteiger partial charge in [-0.1, -0.05) is 0 Å². The van der Waals surface area contributed by atoms with E-state index in [4.69, 9.17) is 5.73 Å². The van der Waals surface area contributed by atoms with Crippen molar-refractivity contribution in [2.24, 2.45) is 5.73 Å². The van der Waals surface area contributed by atoms with Gasteiger partial charge in [0.15, 0.2) is 0 Å². The van der Waals surface area contributed by atoms with Gasteiger partial charge in [0.05, 0.1) is 4.92 Å². The molecule has 0 bridgehead atoms. The highest BCUT2D eigenvalue weighted by Crippen LogP contribution is 2.08. The number of nitrogens with two attached hydrogens (primary N) is 1. The maximum atomic E-state index is 10.4. The molecule has 1 aromatic heterocycles. The number of amides is 1. The normalized spacial score (nSPS) is 9.88. The quantitative estimate of drug-likeness (QED) is 0.404. The van der Waals surface area contributed by atoms with Crippen molar-refractivity contribution in [1.82, 2.24) is 9.97 Å². The topological polar surface area (TPSA) is 124 Å². The zero-order valence-electron chi connectivity index (χ0n) is 9.13. The van der Waals surface area contributed by atoms with E-state index in [0.29, 0.717) is 25.3 Å². The Morgan fingerprint density at radius 3 is 2.59 bits per heavy atom. The number of nitro groups is 1. The summed E-state index contributed by atoms with van der Waals surface area (Å²) in [5.74, 6) is 0.00580. The van der Waals surface area contributed by atoms with Gasteiger partial charge in [-0.3, -0.25) is 14.9 Å². The van der Waals surface area contributed by atoms with Crippen molar-refractivity contribution < 1.29 is 9.72 Å². The summed E-state index contributed by atoms with van der Waals surface area (Å²) in [7, 11) is 0. The van der Waals surface area contributed by atoms with Crippen LogP contribution in [0, 0.1) is 10.1 Å². The molecule has 0 spiro atoms. The number of primary amides is 1. The fraction of sp³-hybridized carbons (Fsp3) is 0.444. The highest BCUT2D eigenvalue weighted by atomic mass is 16.6. The number of carbonyl (C=O) groups excluding carboxylic acids is 1. The van der Waals surface area contributed by atoms with Crippen LogP contribution in [-0.4, -0.2) is 27.3 Å². The van der Waals surface area contributed by atoms with E-state index in [-0.39, 0.29) is 11.6 Å². The van der Waals surface area contributed by atoms with Gasteiger partial charge in [-0.2, -0.15) is 0 Å². The number of hydrogen-bond acceptors (Lipinski definition) is 6. The molecule has 0 radical (unpaired) electrons. The first-order valence-electron chi connectivity index (χ1n) is 5.08. The van der Waals surface area contributed by atoms with Gasteiger partial charge >= 0.3 is 5.69 Å². The zero-order valence-corrected chi connectivity index (χ0v) is 9.13. The summed E-state index contributed by atoms with van der Waals surface area (Å²) in [6, 6.07) is 0. The summed E-state index contributed by atoms with van der Waals surface area (Å²) < 4.78 is 0. The van der Waals surface area contributed by atoms with E-state index < -0.39 is 4.92 Å². The average molecular weight is 239 g/mol. The predicted molar refractivity (Wildman–Crippen MR) is 60.2 cm³/mol. The fourth-order valence-electron chi connectivity index (χ4n) is 1.13. The lowest BCUT2D eigenvalue weighted by Gasteiger charge is -2.02. The Hall–Kier alpha value is -2.25. The summed E-state index contributed by atoms with van der Waals surface area (Å²) in [5.41, 5.74) is 4.83. The van der Waals surface area contributed by atoms with E-state index in [1.807, 2.05) is 0 Å². The summed E-state index contributed by atoms with van der Waals surface area (Å²) in [4.78, 5) is 27.8. The molecule has 0 aliphatic carbocycles. The van der Waals surface area contributed by atoms with Crippen LogP contribution in [0.25, 0.3) is 0 Å². The van der Waals surface area contributed by atoms with Crippen molar-refractivity contribution >= 4 is 17.5 Å². The number of rotatable bonds is 7. The molecule has 1 heterocycles. The monoisotopic (exact) mass is 239 g/mol. The van der Waals surface area contributed by atoms with Crippen molar-refractivity contribution in [3.05, 3.63) is 22.5 Å². The molecule has 3 N–H and O–H groups in total. The molecular formula is C9H13N5O3. The number of nitrogens with one attached hydrogen (secondary N) is 1. The Morgan fingerprint density at radius 1 is 1.41 bits per heavy atom. The van der Waals surface area contributed by atoms with Gasteiger partial charge in [0, 0.05) is 13.0 Å². The summed E-state index contributed by atoms with van der Waals surface area (Å²) >= 11 is 0. The Morgan fingerprint density at radius 2 is 2.06 bits per heavy atom. The molecule has 1 rings (SSSR count). The van der Waals surface area contributed by atoms with E-state index >= 15 is 0 Å². The molecule has 92 valence electrons. The average Bonchev–Trinajstić information content (AvgIpc) is 2.29. The second-order valence-electron chi connectivity index (χ2n) is 3.37. The van der Waals surface area contributed by atoms with E-state index in [2.05, 4.69) is 15.3 Å². The molecule has 17 heavy (non-hydrogen) atoms. The van der Waals surface area contributed by atoms with Crippen molar-refractivity contribution in [3.8, 4) is 0 Å². The maximum absolute atomic E-state index is 10.4. The lowest BCUT2D eigenvalue weighted by molar-refractivity contribution is -0.385. The van der Waals surface area contributed by atoms with Crippen LogP contribution in [0.5, 0.6) is 0 Å². The second kappa shape index (κ2) is 6.36. The van der Waals surface area contributed by atoms with E-state index in [9.17, 15) is 14.9 Å². The van der Waals surface area contributed by atoms with Crippen molar-refractivity contribution in [3.63, 3.8) is 0 Å². The SMILES string of the molecule is NC(=O)CCCCNc1ncc([N+](=O)[O-])cn1. The Labute approximate surface area is 97.4 Å². The number of aromatic nitrogens is 2. The Bertz CT molecular complexity index is 392. The maximum Gasteiger partial charge on any atom is 0.305 e. The minimum atomic E-state index is -0.559. The minimum Gasteiger partial charge on any atom is -0.370 e. The van der Waals surface area contributed by atoms with Gasteiger partial charge in [0.2, 0.25) is 11.9 Å². The van der Waals surface area contributed by atoms with Crippen LogP contribution < -0.4 is 11.1 Å². The minimum absolute atomic E-state index is 0.149. The number of hydrogen-bond donors (Lipinski definition) is 2. The number of nitrogens with zero attached hydrogens (tertiary/aromatic N) is 3. The molecule has 8 nitrogen and oxygen atoms in total. The molecule has 0 saturated heterocycles. The largest absolute Gasteiger partial charge is 0.370 e. The van der Waals surface area contributed by atoms with Gasteiger partial charge in [-0.15, -0.1) is 0 Å². The van der Waals surface area contributed by atoms with Crippen LogP contribution in [-0.2, 0) is 4.79 Å². The van der Waals surface area contributed by atoms with Crippen LogP contribution in [0.15, 0.2) is 12.4 Å². The molecule has 8 heteroatoms. The molecule has 0 aliphatic rings. The molecule has 0 saturated carbocycles. The van der Waals surface area contributed by atoms with Crippen LogP contribution in [0.4, 0.5) is 11.6 Å². The molecule has 0 aromatic carbocycles. The molecule has 1 amide bonds. The fourth-order valence-corrected chi connectivity index (χ4v) is 1.13. The van der Waals surface area contributed by atoms with Gasteiger partial charge in [0.1, 0.15) is 12.4 Å².